The number of hydrogen-bond donors (Lipinski definition) is 1. The van der Waals surface area contributed by atoms with Crippen LogP contribution in [0, 0.1) is 6.92 Å². The van der Waals surface area contributed by atoms with E-state index >= 15 is 0 Å². The number of amides is 1. The minimum absolute atomic E-state index is 0.211. The molecule has 0 aliphatic carbocycles. The minimum Gasteiger partial charge on any atom is -0.360 e. The van der Waals surface area contributed by atoms with Gasteiger partial charge < -0.3 is 9.84 Å². The van der Waals surface area contributed by atoms with Gasteiger partial charge in [-0.15, -0.1) is 0 Å². The van der Waals surface area contributed by atoms with Gasteiger partial charge in [-0.2, -0.15) is 0 Å². The standard InChI is InChI=1S/C20H12Cl4N4O2/c1-10-15(17(27-30-10)16-13(21)3-2-4-14(16)22)20(29)26-11-5-7-12(8-6-11)28-9-25-18(23)19(28)24/h2-9H,1H3,(H,26,29). The van der Waals surface area contributed by atoms with E-state index < -0.39 is 5.91 Å². The lowest BCUT2D eigenvalue weighted by Gasteiger charge is -2.09. The molecule has 1 amide bonds. The van der Waals surface area contributed by atoms with Crippen LogP contribution in [-0.2, 0) is 0 Å². The van der Waals surface area contributed by atoms with Gasteiger partial charge in [-0.05, 0) is 43.3 Å². The molecule has 152 valence electrons. The molecule has 0 atom stereocenters. The molecule has 0 aliphatic rings. The molecule has 4 aromatic rings. The van der Waals surface area contributed by atoms with Crippen molar-refractivity contribution in [2.45, 2.75) is 6.92 Å². The SMILES string of the molecule is Cc1onc(-c2c(Cl)cccc2Cl)c1C(=O)Nc1ccc(-n2cnc(Cl)c2Cl)cc1. The Balaban J connectivity index is 1.63. The highest BCUT2D eigenvalue weighted by Crippen LogP contribution is 2.37. The minimum atomic E-state index is -0.406. The quantitative estimate of drug-likeness (QED) is 0.351. The highest BCUT2D eigenvalue weighted by molar-refractivity contribution is 6.41. The van der Waals surface area contributed by atoms with Crippen LogP contribution in [-0.4, -0.2) is 20.6 Å². The first kappa shape index (κ1) is 20.8. The highest BCUT2D eigenvalue weighted by Gasteiger charge is 2.25. The largest absolute Gasteiger partial charge is 0.360 e. The summed E-state index contributed by atoms with van der Waals surface area (Å²) in [5.41, 5.74) is 2.25. The van der Waals surface area contributed by atoms with Gasteiger partial charge in [0.2, 0.25) is 0 Å². The molecular weight excluding hydrogens is 470 g/mol. The van der Waals surface area contributed by atoms with Crippen LogP contribution < -0.4 is 5.32 Å². The van der Waals surface area contributed by atoms with Crippen molar-refractivity contribution >= 4 is 58.0 Å². The van der Waals surface area contributed by atoms with Gasteiger partial charge in [-0.3, -0.25) is 9.36 Å². The molecule has 0 spiro atoms. The van der Waals surface area contributed by atoms with Gasteiger partial charge in [0.05, 0.1) is 10.0 Å². The fraction of sp³-hybridized carbons (Fsp3) is 0.0500. The van der Waals surface area contributed by atoms with E-state index in [1.807, 2.05) is 0 Å². The first-order valence-corrected chi connectivity index (χ1v) is 10.1. The summed E-state index contributed by atoms with van der Waals surface area (Å²) < 4.78 is 6.87. The lowest BCUT2D eigenvalue weighted by atomic mass is 10.1. The maximum absolute atomic E-state index is 13.0. The predicted octanol–water partition coefficient (Wildman–Crippen LogP) is 6.70. The Morgan fingerprint density at radius 2 is 1.70 bits per heavy atom. The molecular formula is C20H12Cl4N4O2. The predicted molar refractivity (Wildman–Crippen MR) is 118 cm³/mol. The number of nitrogens with one attached hydrogen (secondary N) is 1. The third kappa shape index (κ3) is 3.79. The summed E-state index contributed by atoms with van der Waals surface area (Å²) in [6, 6.07) is 12.0. The second-order valence-corrected chi connectivity index (χ2v) is 7.79. The second-order valence-electron chi connectivity index (χ2n) is 6.26. The smallest absolute Gasteiger partial charge is 0.261 e. The Morgan fingerprint density at radius 3 is 2.30 bits per heavy atom. The molecule has 2 aromatic carbocycles. The van der Waals surface area contributed by atoms with Gasteiger partial charge in [-0.25, -0.2) is 4.98 Å². The number of carbonyl (C=O) groups excluding carboxylic acids is 1. The zero-order chi connectivity index (χ0) is 21.4. The van der Waals surface area contributed by atoms with E-state index in [1.165, 1.54) is 6.33 Å². The summed E-state index contributed by atoms with van der Waals surface area (Å²) in [4.78, 5) is 16.9. The topological polar surface area (TPSA) is 73.0 Å². The first-order chi connectivity index (χ1) is 14.4. The van der Waals surface area contributed by atoms with Crippen molar-refractivity contribution in [2.75, 3.05) is 5.32 Å². The Bertz CT molecular complexity index is 1230. The van der Waals surface area contributed by atoms with Crippen molar-refractivity contribution in [1.29, 1.82) is 0 Å². The van der Waals surface area contributed by atoms with Crippen LogP contribution in [0.4, 0.5) is 5.69 Å². The Kier molecular flexibility index (Phi) is 5.75. The molecule has 4 rings (SSSR count). The zero-order valence-corrected chi connectivity index (χ0v) is 18.3. The van der Waals surface area contributed by atoms with Crippen LogP contribution >= 0.6 is 46.4 Å². The summed E-state index contributed by atoms with van der Waals surface area (Å²) in [6.07, 6.45) is 1.51. The van der Waals surface area contributed by atoms with Crippen LogP contribution in [0.1, 0.15) is 16.1 Å². The van der Waals surface area contributed by atoms with Crippen LogP contribution in [0.3, 0.4) is 0 Å². The molecule has 2 aromatic heterocycles. The molecule has 6 nitrogen and oxygen atoms in total. The number of imidazole rings is 1. The lowest BCUT2D eigenvalue weighted by molar-refractivity contribution is 0.102. The summed E-state index contributed by atoms with van der Waals surface area (Å²) in [7, 11) is 0. The van der Waals surface area contributed by atoms with E-state index in [4.69, 9.17) is 50.9 Å². The van der Waals surface area contributed by atoms with E-state index in [9.17, 15) is 4.79 Å². The van der Waals surface area contributed by atoms with Crippen LogP contribution in [0.5, 0.6) is 0 Å². The second kappa shape index (κ2) is 8.32. The Morgan fingerprint density at radius 1 is 1.03 bits per heavy atom. The average Bonchev–Trinajstić information content (AvgIpc) is 3.25. The lowest BCUT2D eigenvalue weighted by Crippen LogP contribution is -2.13. The Labute approximate surface area is 191 Å². The monoisotopic (exact) mass is 480 g/mol. The number of aromatic nitrogens is 3. The summed E-state index contributed by atoms with van der Waals surface area (Å²) in [6.45, 7) is 1.64. The molecule has 0 aliphatic heterocycles. The number of anilines is 1. The van der Waals surface area contributed by atoms with E-state index in [-0.39, 0.29) is 16.4 Å². The number of nitrogens with zero attached hydrogens (tertiary/aromatic N) is 3. The molecule has 0 saturated heterocycles. The van der Waals surface area contributed by atoms with E-state index in [0.29, 0.717) is 32.2 Å². The van der Waals surface area contributed by atoms with Gasteiger partial charge in [0.1, 0.15) is 23.3 Å². The highest BCUT2D eigenvalue weighted by atomic mass is 35.5. The fourth-order valence-electron chi connectivity index (χ4n) is 2.92. The van der Waals surface area contributed by atoms with E-state index in [1.54, 1.807) is 54.0 Å². The zero-order valence-electron chi connectivity index (χ0n) is 15.3. The van der Waals surface area contributed by atoms with Gasteiger partial charge in [0, 0.05) is 16.9 Å². The first-order valence-electron chi connectivity index (χ1n) is 8.57. The van der Waals surface area contributed by atoms with Crippen LogP contribution in [0.2, 0.25) is 20.4 Å². The molecule has 0 saturated carbocycles. The van der Waals surface area contributed by atoms with Crippen LogP contribution in [0.25, 0.3) is 16.9 Å². The summed E-state index contributed by atoms with van der Waals surface area (Å²) >= 11 is 24.5. The number of hydrogen-bond acceptors (Lipinski definition) is 4. The molecule has 0 radical (unpaired) electrons. The van der Waals surface area contributed by atoms with Crippen LogP contribution in [0.15, 0.2) is 53.3 Å². The maximum Gasteiger partial charge on any atom is 0.261 e. The van der Waals surface area contributed by atoms with Crippen molar-refractivity contribution in [3.8, 4) is 16.9 Å². The number of halogens is 4. The third-order valence-corrected chi connectivity index (χ3v) is 5.73. The normalized spacial score (nSPS) is 11.0. The van der Waals surface area contributed by atoms with Crippen molar-refractivity contribution in [2.24, 2.45) is 0 Å². The third-order valence-electron chi connectivity index (χ3n) is 4.36. The number of aryl methyl sites for hydroxylation is 1. The molecule has 2 heterocycles. The molecule has 10 heteroatoms. The fourth-order valence-corrected chi connectivity index (χ4v) is 3.83. The molecule has 0 unspecified atom stereocenters. The van der Waals surface area contributed by atoms with Gasteiger partial charge in [0.25, 0.3) is 5.91 Å². The van der Waals surface area contributed by atoms with Crippen molar-refractivity contribution < 1.29 is 9.32 Å². The van der Waals surface area contributed by atoms with E-state index in [2.05, 4.69) is 15.5 Å². The maximum atomic E-state index is 13.0. The molecule has 30 heavy (non-hydrogen) atoms. The number of benzene rings is 2. The number of rotatable bonds is 4. The van der Waals surface area contributed by atoms with Gasteiger partial charge in [0.15, 0.2) is 10.3 Å². The van der Waals surface area contributed by atoms with E-state index in [0.717, 1.165) is 5.69 Å². The number of carbonyl (C=O) groups is 1. The van der Waals surface area contributed by atoms with Gasteiger partial charge >= 0.3 is 0 Å². The van der Waals surface area contributed by atoms with Crippen molar-refractivity contribution in [1.82, 2.24) is 14.7 Å². The summed E-state index contributed by atoms with van der Waals surface area (Å²) in [5, 5.41) is 8.06. The van der Waals surface area contributed by atoms with Crippen molar-refractivity contribution in [3.05, 3.63) is 80.5 Å². The Hall–Kier alpha value is -2.51. The molecule has 1 N–H and O–H groups in total. The average molecular weight is 482 g/mol. The molecule has 0 fully saturated rings. The van der Waals surface area contributed by atoms with Crippen molar-refractivity contribution in [3.63, 3.8) is 0 Å². The van der Waals surface area contributed by atoms with Gasteiger partial charge in [-0.1, -0.05) is 57.6 Å². The summed E-state index contributed by atoms with van der Waals surface area (Å²) in [5.74, 6) is -0.0638. The molecule has 0 bridgehead atoms.